The Labute approximate surface area is 126 Å². The molecule has 0 aliphatic carbocycles. The molecule has 2 heterocycles. The van der Waals surface area contributed by atoms with Crippen LogP contribution in [0, 0.1) is 11.7 Å². The predicted octanol–water partition coefficient (Wildman–Crippen LogP) is 2.80. The van der Waals surface area contributed by atoms with E-state index in [0.717, 1.165) is 25.2 Å². The molecule has 2 fully saturated rings. The molecular formula is C17H25FN2O. The summed E-state index contributed by atoms with van der Waals surface area (Å²) in [5.74, 6) is 0.355. The molecule has 0 aromatic heterocycles. The molecule has 2 saturated heterocycles. The van der Waals surface area contributed by atoms with Gasteiger partial charge in [-0.25, -0.2) is 4.39 Å². The molecule has 1 aromatic rings. The van der Waals surface area contributed by atoms with Gasteiger partial charge in [-0.1, -0.05) is 6.07 Å². The van der Waals surface area contributed by atoms with Gasteiger partial charge in [0.2, 0.25) is 0 Å². The van der Waals surface area contributed by atoms with Crippen LogP contribution in [0.2, 0.25) is 0 Å². The summed E-state index contributed by atoms with van der Waals surface area (Å²) < 4.78 is 14.1. The van der Waals surface area contributed by atoms with E-state index in [2.05, 4.69) is 16.8 Å². The van der Waals surface area contributed by atoms with Crippen LogP contribution in [0.15, 0.2) is 18.2 Å². The van der Waals surface area contributed by atoms with Crippen molar-refractivity contribution < 1.29 is 9.50 Å². The summed E-state index contributed by atoms with van der Waals surface area (Å²) in [6, 6.07) is 5.79. The van der Waals surface area contributed by atoms with E-state index in [-0.39, 0.29) is 5.82 Å². The fourth-order valence-electron chi connectivity index (χ4n) is 4.09. The Morgan fingerprint density at radius 2 is 2.10 bits per heavy atom. The molecule has 3 atom stereocenters. The van der Waals surface area contributed by atoms with E-state index in [9.17, 15) is 9.50 Å². The van der Waals surface area contributed by atoms with Crippen LogP contribution in [0.3, 0.4) is 0 Å². The minimum absolute atomic E-state index is 0.301. The van der Waals surface area contributed by atoms with Gasteiger partial charge in [0.1, 0.15) is 5.82 Å². The first-order chi connectivity index (χ1) is 10.1. The van der Waals surface area contributed by atoms with E-state index in [1.54, 1.807) is 13.0 Å². The van der Waals surface area contributed by atoms with Crippen molar-refractivity contribution in [1.82, 2.24) is 4.90 Å². The zero-order valence-corrected chi connectivity index (χ0v) is 12.9. The minimum atomic E-state index is -0.770. The van der Waals surface area contributed by atoms with Crippen LogP contribution in [0.25, 0.3) is 0 Å². The normalized spacial score (nSPS) is 28.3. The van der Waals surface area contributed by atoms with Gasteiger partial charge >= 0.3 is 0 Å². The fourth-order valence-corrected chi connectivity index (χ4v) is 4.09. The zero-order valence-electron chi connectivity index (χ0n) is 12.9. The van der Waals surface area contributed by atoms with Gasteiger partial charge in [0.25, 0.3) is 0 Å². The standard InChI is InChI=1S/C17H25FN2O/c1-12(21)17-14(18)6-3-7-16(17)20-10-8-15-13(11-20)5-4-9-19(15)2/h3,6-7,12-13,15,21H,4-5,8-11H2,1-2H3/t12-,13?,15?/m0/s1. The Bertz CT molecular complexity index is 506. The molecule has 1 N–H and O–H groups in total. The summed E-state index contributed by atoms with van der Waals surface area (Å²) in [7, 11) is 2.22. The number of halogens is 1. The van der Waals surface area contributed by atoms with Crippen LogP contribution < -0.4 is 4.90 Å². The highest BCUT2D eigenvalue weighted by Crippen LogP contribution is 2.35. The Balaban J connectivity index is 1.84. The third-order valence-corrected chi connectivity index (χ3v) is 5.13. The Morgan fingerprint density at radius 1 is 1.29 bits per heavy atom. The number of hydrogen-bond donors (Lipinski definition) is 1. The SMILES string of the molecule is C[C@H](O)c1c(F)cccc1N1CCC2C(CCCN2C)C1. The molecule has 0 amide bonds. The molecule has 2 aliphatic heterocycles. The van der Waals surface area contributed by atoms with Gasteiger partial charge in [0.05, 0.1) is 6.10 Å². The highest BCUT2D eigenvalue weighted by Gasteiger charge is 2.35. The van der Waals surface area contributed by atoms with Crippen molar-refractivity contribution in [2.24, 2.45) is 5.92 Å². The van der Waals surface area contributed by atoms with Gasteiger partial charge in [0.15, 0.2) is 0 Å². The number of fused-ring (bicyclic) bond motifs is 1. The second kappa shape index (κ2) is 5.93. The summed E-state index contributed by atoms with van der Waals surface area (Å²) >= 11 is 0. The number of aliphatic hydroxyl groups is 1. The molecule has 3 rings (SSSR count). The van der Waals surface area contributed by atoms with Crippen molar-refractivity contribution in [3.63, 3.8) is 0 Å². The van der Waals surface area contributed by atoms with E-state index in [1.807, 2.05) is 6.07 Å². The van der Waals surface area contributed by atoms with Crippen molar-refractivity contribution in [3.8, 4) is 0 Å². The Kier molecular flexibility index (Phi) is 4.18. The summed E-state index contributed by atoms with van der Waals surface area (Å²) in [5, 5.41) is 9.92. The maximum absolute atomic E-state index is 14.1. The maximum Gasteiger partial charge on any atom is 0.131 e. The van der Waals surface area contributed by atoms with Crippen LogP contribution in [-0.4, -0.2) is 42.7 Å². The molecule has 4 heteroatoms. The van der Waals surface area contributed by atoms with Crippen molar-refractivity contribution >= 4 is 5.69 Å². The molecule has 2 unspecified atom stereocenters. The highest BCUT2D eigenvalue weighted by atomic mass is 19.1. The molecule has 116 valence electrons. The first kappa shape index (κ1) is 14.8. The van der Waals surface area contributed by atoms with Crippen molar-refractivity contribution in [2.75, 3.05) is 31.6 Å². The minimum Gasteiger partial charge on any atom is -0.389 e. The summed E-state index contributed by atoms with van der Waals surface area (Å²) in [6.45, 7) is 4.75. The molecule has 3 nitrogen and oxygen atoms in total. The number of anilines is 1. The van der Waals surface area contributed by atoms with Crippen LogP contribution in [0.1, 0.15) is 37.9 Å². The second-order valence-electron chi connectivity index (χ2n) is 6.53. The Morgan fingerprint density at radius 3 is 2.86 bits per heavy atom. The number of likely N-dealkylation sites (tertiary alicyclic amines) is 1. The fraction of sp³-hybridized carbons (Fsp3) is 0.647. The van der Waals surface area contributed by atoms with E-state index in [4.69, 9.17) is 0 Å². The van der Waals surface area contributed by atoms with E-state index < -0.39 is 6.10 Å². The smallest absolute Gasteiger partial charge is 0.131 e. The first-order valence-corrected chi connectivity index (χ1v) is 7.99. The average Bonchev–Trinajstić information content (AvgIpc) is 2.46. The molecule has 0 spiro atoms. The molecule has 1 aromatic carbocycles. The van der Waals surface area contributed by atoms with Crippen LogP contribution in [0.5, 0.6) is 0 Å². The van der Waals surface area contributed by atoms with E-state index >= 15 is 0 Å². The number of hydrogen-bond acceptors (Lipinski definition) is 3. The van der Waals surface area contributed by atoms with Gasteiger partial charge < -0.3 is 14.9 Å². The third kappa shape index (κ3) is 2.79. The van der Waals surface area contributed by atoms with Crippen molar-refractivity contribution in [1.29, 1.82) is 0 Å². The molecule has 2 aliphatic rings. The van der Waals surface area contributed by atoms with E-state index in [0.29, 0.717) is 17.5 Å². The van der Waals surface area contributed by atoms with Crippen molar-refractivity contribution in [2.45, 2.75) is 38.3 Å². The lowest BCUT2D eigenvalue weighted by molar-refractivity contribution is 0.102. The summed E-state index contributed by atoms with van der Waals surface area (Å²) in [6.07, 6.45) is 2.85. The monoisotopic (exact) mass is 292 g/mol. The van der Waals surface area contributed by atoms with E-state index in [1.165, 1.54) is 25.5 Å². The van der Waals surface area contributed by atoms with Gasteiger partial charge in [-0.05, 0) is 57.8 Å². The first-order valence-electron chi connectivity index (χ1n) is 7.99. The molecule has 0 saturated carbocycles. The Hall–Kier alpha value is -1.13. The average molecular weight is 292 g/mol. The number of aliphatic hydroxyl groups excluding tert-OH is 1. The van der Waals surface area contributed by atoms with Crippen LogP contribution in [0.4, 0.5) is 10.1 Å². The summed E-state index contributed by atoms with van der Waals surface area (Å²) in [4.78, 5) is 4.75. The number of nitrogens with zero attached hydrogens (tertiary/aromatic N) is 2. The topological polar surface area (TPSA) is 26.7 Å². The third-order valence-electron chi connectivity index (χ3n) is 5.13. The highest BCUT2D eigenvalue weighted by molar-refractivity contribution is 5.55. The molecule has 0 bridgehead atoms. The lowest BCUT2D eigenvalue weighted by Crippen LogP contribution is -2.53. The largest absolute Gasteiger partial charge is 0.389 e. The van der Waals surface area contributed by atoms with Crippen molar-refractivity contribution in [3.05, 3.63) is 29.6 Å². The van der Waals surface area contributed by atoms with Gasteiger partial charge in [-0.15, -0.1) is 0 Å². The maximum atomic E-state index is 14.1. The number of rotatable bonds is 2. The lowest BCUT2D eigenvalue weighted by Gasteiger charge is -2.47. The van der Waals surface area contributed by atoms with Crippen LogP contribution in [-0.2, 0) is 0 Å². The van der Waals surface area contributed by atoms with Gasteiger partial charge in [0, 0.05) is 30.4 Å². The second-order valence-corrected chi connectivity index (χ2v) is 6.53. The summed E-state index contributed by atoms with van der Waals surface area (Å²) in [5.41, 5.74) is 1.32. The zero-order chi connectivity index (χ0) is 15.0. The lowest BCUT2D eigenvalue weighted by atomic mass is 9.84. The molecule has 21 heavy (non-hydrogen) atoms. The van der Waals surface area contributed by atoms with Crippen LogP contribution >= 0.6 is 0 Å². The van der Waals surface area contributed by atoms with Gasteiger partial charge in [-0.2, -0.15) is 0 Å². The molecule has 0 radical (unpaired) electrons. The van der Waals surface area contributed by atoms with Gasteiger partial charge in [-0.3, -0.25) is 0 Å². The number of piperidine rings is 2. The predicted molar refractivity (Wildman–Crippen MR) is 83.0 cm³/mol. The number of benzene rings is 1. The molecular weight excluding hydrogens is 267 g/mol. The quantitative estimate of drug-likeness (QED) is 0.908.